The van der Waals surface area contributed by atoms with E-state index in [2.05, 4.69) is 24.3 Å². The van der Waals surface area contributed by atoms with Crippen molar-refractivity contribution < 1.29 is 13.6 Å². The lowest BCUT2D eigenvalue weighted by Crippen LogP contribution is -1.92. The Morgan fingerprint density at radius 1 is 0.467 bits per heavy atom. The highest BCUT2D eigenvalue weighted by Crippen LogP contribution is 2.31. The van der Waals surface area contributed by atoms with Gasteiger partial charge in [-0.1, -0.05) is 84.9 Å². The average molecular weight is 414 g/mol. The molecule has 3 nitrogen and oxygen atoms in total. The van der Waals surface area contributed by atoms with E-state index < -0.39 is 8.25 Å². The zero-order valence-electron chi connectivity index (χ0n) is 16.5. The van der Waals surface area contributed by atoms with Crippen molar-refractivity contribution in [2.75, 3.05) is 0 Å². The lowest BCUT2D eigenvalue weighted by molar-refractivity contribution is 0.415. The molecule has 0 saturated carbocycles. The van der Waals surface area contributed by atoms with Crippen LogP contribution in [0, 0.1) is 0 Å². The predicted molar refractivity (Wildman–Crippen MR) is 122 cm³/mol. The normalized spacial score (nSPS) is 10.7. The van der Waals surface area contributed by atoms with E-state index in [-0.39, 0.29) is 0 Å². The maximum Gasteiger partial charge on any atom is 0.418 e. The zero-order chi connectivity index (χ0) is 20.6. The van der Waals surface area contributed by atoms with Crippen LogP contribution in [0.25, 0.3) is 0 Å². The van der Waals surface area contributed by atoms with E-state index in [1.807, 2.05) is 84.9 Å². The van der Waals surface area contributed by atoms with Crippen LogP contribution in [0.3, 0.4) is 0 Å². The zero-order valence-corrected chi connectivity index (χ0v) is 17.5. The van der Waals surface area contributed by atoms with Crippen molar-refractivity contribution in [3.8, 4) is 11.5 Å². The van der Waals surface area contributed by atoms with Crippen LogP contribution < -0.4 is 9.05 Å². The molecule has 0 aliphatic rings. The topological polar surface area (TPSA) is 35.5 Å². The van der Waals surface area contributed by atoms with Crippen molar-refractivity contribution in [2.45, 2.75) is 12.8 Å². The number of benzene rings is 4. The molecule has 0 aliphatic carbocycles. The fourth-order valence-electron chi connectivity index (χ4n) is 3.23. The van der Waals surface area contributed by atoms with E-state index in [9.17, 15) is 4.57 Å². The van der Waals surface area contributed by atoms with Gasteiger partial charge in [0, 0.05) is 0 Å². The summed E-state index contributed by atoms with van der Waals surface area (Å²) >= 11 is 0. The average Bonchev–Trinajstić information content (AvgIpc) is 2.78. The lowest BCUT2D eigenvalue weighted by Gasteiger charge is -2.09. The van der Waals surface area contributed by atoms with Crippen molar-refractivity contribution in [2.24, 2.45) is 0 Å². The highest BCUT2D eigenvalue weighted by molar-refractivity contribution is 7.34. The Hall–Kier alpha value is -3.29. The van der Waals surface area contributed by atoms with Gasteiger partial charge in [0.1, 0.15) is 11.5 Å². The summed E-state index contributed by atoms with van der Waals surface area (Å²) in [5, 5.41) is 0. The van der Waals surface area contributed by atoms with Gasteiger partial charge in [0.2, 0.25) is 0 Å². The third kappa shape index (κ3) is 5.85. The SMILES string of the molecule is O=[PH](Oc1ccc(Cc2ccccc2)cc1)Oc1ccc(Cc2ccccc2)cc1. The molecule has 0 fully saturated rings. The number of hydrogen-bond acceptors (Lipinski definition) is 3. The van der Waals surface area contributed by atoms with Gasteiger partial charge in [-0.2, -0.15) is 0 Å². The summed E-state index contributed by atoms with van der Waals surface area (Å²) in [6.07, 6.45) is 1.70. The number of rotatable bonds is 8. The van der Waals surface area contributed by atoms with Gasteiger partial charge in [-0.15, -0.1) is 0 Å². The highest BCUT2D eigenvalue weighted by atomic mass is 31.1. The molecular formula is C26H23O3P. The van der Waals surface area contributed by atoms with E-state index in [1.54, 1.807) is 0 Å². The first-order chi connectivity index (χ1) is 14.7. The van der Waals surface area contributed by atoms with Crippen LogP contribution in [-0.4, -0.2) is 0 Å². The largest absolute Gasteiger partial charge is 0.418 e. The Kier molecular flexibility index (Phi) is 6.64. The van der Waals surface area contributed by atoms with E-state index in [0.717, 1.165) is 12.8 Å². The summed E-state index contributed by atoms with van der Waals surface area (Å²) < 4.78 is 23.2. The van der Waals surface area contributed by atoms with E-state index in [1.165, 1.54) is 22.3 Å². The molecule has 0 amide bonds. The van der Waals surface area contributed by atoms with Crippen molar-refractivity contribution in [1.29, 1.82) is 0 Å². The van der Waals surface area contributed by atoms with Crippen molar-refractivity contribution in [3.05, 3.63) is 131 Å². The Balaban J connectivity index is 1.30. The molecule has 0 bridgehead atoms. The van der Waals surface area contributed by atoms with Crippen molar-refractivity contribution >= 4 is 8.25 Å². The molecule has 4 heteroatoms. The molecule has 0 unspecified atom stereocenters. The van der Waals surface area contributed by atoms with Crippen LogP contribution in [0.4, 0.5) is 0 Å². The molecule has 0 heterocycles. The molecule has 30 heavy (non-hydrogen) atoms. The van der Waals surface area contributed by atoms with Gasteiger partial charge in [-0.3, -0.25) is 0 Å². The third-order valence-electron chi connectivity index (χ3n) is 4.75. The predicted octanol–water partition coefficient (Wildman–Crippen LogP) is 6.72. The second-order valence-electron chi connectivity index (χ2n) is 7.07. The van der Waals surface area contributed by atoms with Crippen LogP contribution in [0.15, 0.2) is 109 Å². The van der Waals surface area contributed by atoms with Crippen LogP contribution in [-0.2, 0) is 17.4 Å². The lowest BCUT2D eigenvalue weighted by atomic mass is 10.1. The summed E-state index contributed by atoms with van der Waals surface area (Å²) in [6, 6.07) is 35.8. The van der Waals surface area contributed by atoms with Gasteiger partial charge in [0.05, 0.1) is 0 Å². The van der Waals surface area contributed by atoms with Crippen molar-refractivity contribution in [1.82, 2.24) is 0 Å². The Labute approximate surface area is 177 Å². The minimum Gasteiger partial charge on any atom is -0.418 e. The third-order valence-corrected chi connectivity index (χ3v) is 5.56. The first kappa shape index (κ1) is 20.0. The molecule has 0 aromatic heterocycles. The molecule has 4 aromatic carbocycles. The summed E-state index contributed by atoms with van der Waals surface area (Å²) in [7, 11) is -2.69. The molecule has 4 aromatic rings. The van der Waals surface area contributed by atoms with Crippen LogP contribution in [0.2, 0.25) is 0 Å². The molecule has 4 rings (SSSR count). The Morgan fingerprint density at radius 3 is 1.17 bits per heavy atom. The summed E-state index contributed by atoms with van der Waals surface area (Å²) in [5.74, 6) is 1.08. The quantitative estimate of drug-likeness (QED) is 0.300. The summed E-state index contributed by atoms with van der Waals surface area (Å²) in [6.45, 7) is 0. The minimum absolute atomic E-state index is 0.538. The summed E-state index contributed by atoms with van der Waals surface area (Å²) in [4.78, 5) is 0. The first-order valence-corrected chi connectivity index (χ1v) is 11.1. The number of hydrogen-bond donors (Lipinski definition) is 0. The monoisotopic (exact) mass is 414 g/mol. The van der Waals surface area contributed by atoms with Gasteiger partial charge < -0.3 is 9.05 Å². The highest BCUT2D eigenvalue weighted by Gasteiger charge is 2.06. The first-order valence-electron chi connectivity index (χ1n) is 9.90. The van der Waals surface area contributed by atoms with E-state index in [4.69, 9.17) is 9.05 Å². The molecule has 0 radical (unpaired) electrons. The van der Waals surface area contributed by atoms with Crippen LogP contribution >= 0.6 is 8.25 Å². The van der Waals surface area contributed by atoms with E-state index >= 15 is 0 Å². The smallest absolute Gasteiger partial charge is 0.418 e. The van der Waals surface area contributed by atoms with Gasteiger partial charge in [0.25, 0.3) is 0 Å². The minimum atomic E-state index is -2.69. The molecule has 150 valence electrons. The maximum absolute atomic E-state index is 12.3. The van der Waals surface area contributed by atoms with Gasteiger partial charge in [0.15, 0.2) is 0 Å². The van der Waals surface area contributed by atoms with Crippen LogP contribution in [0.1, 0.15) is 22.3 Å². The molecule has 0 saturated heterocycles. The molecule has 0 N–H and O–H groups in total. The fourth-order valence-corrected chi connectivity index (χ4v) is 3.93. The molecule has 0 aliphatic heterocycles. The Bertz CT molecular complexity index is 988. The van der Waals surface area contributed by atoms with Crippen LogP contribution in [0.5, 0.6) is 11.5 Å². The van der Waals surface area contributed by atoms with Gasteiger partial charge in [-0.25, -0.2) is 4.57 Å². The second kappa shape index (κ2) is 9.96. The fraction of sp³-hybridized carbons (Fsp3) is 0.0769. The maximum atomic E-state index is 12.3. The molecular weight excluding hydrogens is 391 g/mol. The van der Waals surface area contributed by atoms with E-state index in [0.29, 0.717) is 11.5 Å². The van der Waals surface area contributed by atoms with Gasteiger partial charge >= 0.3 is 8.25 Å². The summed E-state index contributed by atoms with van der Waals surface area (Å²) in [5.41, 5.74) is 4.84. The molecule has 0 spiro atoms. The Morgan fingerprint density at radius 2 is 0.800 bits per heavy atom. The standard InChI is InChI=1S/C26H23O3P/c27-30(28-25-15-11-23(12-16-25)19-21-7-3-1-4-8-21)29-26-17-13-24(14-18-26)20-22-9-5-2-6-10-22/h1-18,30H,19-20H2. The van der Waals surface area contributed by atoms with Crippen molar-refractivity contribution in [3.63, 3.8) is 0 Å². The van der Waals surface area contributed by atoms with Gasteiger partial charge in [-0.05, 0) is 59.4 Å². The molecule has 0 atom stereocenters. The second-order valence-corrected chi connectivity index (χ2v) is 7.98.